The summed E-state index contributed by atoms with van der Waals surface area (Å²) in [6, 6.07) is 5.22. The van der Waals surface area contributed by atoms with E-state index in [4.69, 9.17) is 10.5 Å². The SMILES string of the molecule is CCC(N)C(c1cccs1)N(CCOC)C(C)C. The number of nitrogens with zero attached hydrogens (tertiary/aromatic N) is 1. The molecule has 0 aliphatic rings. The highest BCUT2D eigenvalue weighted by atomic mass is 32.1. The number of hydrogen-bond donors (Lipinski definition) is 1. The van der Waals surface area contributed by atoms with Crippen molar-refractivity contribution < 1.29 is 4.74 Å². The number of hydrogen-bond acceptors (Lipinski definition) is 4. The molecule has 0 aliphatic heterocycles. The van der Waals surface area contributed by atoms with Crippen molar-refractivity contribution >= 4 is 11.3 Å². The predicted octanol–water partition coefficient (Wildman–Crippen LogP) is 2.88. The molecule has 1 rings (SSSR count). The summed E-state index contributed by atoms with van der Waals surface area (Å²) in [6.07, 6.45) is 0.985. The van der Waals surface area contributed by atoms with Gasteiger partial charge < -0.3 is 10.5 Å². The Morgan fingerprint density at radius 1 is 1.44 bits per heavy atom. The van der Waals surface area contributed by atoms with E-state index in [1.807, 2.05) is 0 Å². The van der Waals surface area contributed by atoms with E-state index in [0.717, 1.165) is 19.6 Å². The zero-order valence-corrected chi connectivity index (χ0v) is 12.7. The minimum atomic E-state index is 0.169. The first-order valence-corrected chi connectivity index (χ1v) is 7.53. The maximum absolute atomic E-state index is 6.34. The van der Waals surface area contributed by atoms with Crippen molar-refractivity contribution in [3.63, 3.8) is 0 Å². The molecule has 104 valence electrons. The first-order chi connectivity index (χ1) is 8.61. The lowest BCUT2D eigenvalue weighted by atomic mass is 10.0. The Labute approximate surface area is 115 Å². The van der Waals surface area contributed by atoms with Gasteiger partial charge in [-0.15, -0.1) is 11.3 Å². The molecule has 0 amide bonds. The van der Waals surface area contributed by atoms with Crippen molar-refractivity contribution in [3.8, 4) is 0 Å². The summed E-state index contributed by atoms with van der Waals surface area (Å²) in [5, 5.41) is 2.12. The molecule has 1 aromatic rings. The van der Waals surface area contributed by atoms with Crippen LogP contribution >= 0.6 is 11.3 Å². The number of rotatable bonds is 8. The molecule has 0 saturated heterocycles. The molecule has 1 heterocycles. The molecular weight excluding hydrogens is 244 g/mol. The fraction of sp³-hybridized carbons (Fsp3) is 0.714. The maximum Gasteiger partial charge on any atom is 0.0596 e. The topological polar surface area (TPSA) is 38.5 Å². The van der Waals surface area contributed by atoms with Gasteiger partial charge in [0.2, 0.25) is 0 Å². The fourth-order valence-electron chi connectivity index (χ4n) is 2.22. The summed E-state index contributed by atoms with van der Waals surface area (Å²) in [4.78, 5) is 3.80. The van der Waals surface area contributed by atoms with E-state index >= 15 is 0 Å². The Morgan fingerprint density at radius 3 is 2.61 bits per heavy atom. The fourth-order valence-corrected chi connectivity index (χ4v) is 3.14. The van der Waals surface area contributed by atoms with Crippen molar-refractivity contribution in [2.75, 3.05) is 20.3 Å². The van der Waals surface area contributed by atoms with Gasteiger partial charge >= 0.3 is 0 Å². The van der Waals surface area contributed by atoms with E-state index < -0.39 is 0 Å². The van der Waals surface area contributed by atoms with Crippen LogP contribution in [0.1, 0.15) is 38.1 Å². The number of methoxy groups -OCH3 is 1. The summed E-state index contributed by atoms with van der Waals surface area (Å²) in [7, 11) is 1.75. The van der Waals surface area contributed by atoms with Gasteiger partial charge in [-0.05, 0) is 31.7 Å². The minimum Gasteiger partial charge on any atom is -0.383 e. The van der Waals surface area contributed by atoms with E-state index in [-0.39, 0.29) is 6.04 Å². The third-order valence-electron chi connectivity index (χ3n) is 3.29. The Hall–Kier alpha value is -0.420. The van der Waals surface area contributed by atoms with Crippen LogP contribution in [0.5, 0.6) is 0 Å². The van der Waals surface area contributed by atoms with Crippen LogP contribution < -0.4 is 5.73 Å². The van der Waals surface area contributed by atoms with Crippen LogP contribution in [-0.4, -0.2) is 37.2 Å². The molecular formula is C14H26N2OS. The van der Waals surface area contributed by atoms with E-state index in [0.29, 0.717) is 12.1 Å². The predicted molar refractivity (Wildman–Crippen MR) is 79.0 cm³/mol. The maximum atomic E-state index is 6.34. The highest BCUT2D eigenvalue weighted by Gasteiger charge is 2.28. The molecule has 3 nitrogen and oxygen atoms in total. The first kappa shape index (κ1) is 15.6. The van der Waals surface area contributed by atoms with Gasteiger partial charge in [-0.3, -0.25) is 4.90 Å². The van der Waals surface area contributed by atoms with Gasteiger partial charge in [0, 0.05) is 30.6 Å². The molecule has 0 radical (unpaired) electrons. The van der Waals surface area contributed by atoms with Crippen molar-refractivity contribution in [1.29, 1.82) is 0 Å². The highest BCUT2D eigenvalue weighted by Crippen LogP contribution is 2.30. The van der Waals surface area contributed by atoms with Crippen LogP contribution in [0.15, 0.2) is 17.5 Å². The van der Waals surface area contributed by atoms with Crippen molar-refractivity contribution in [1.82, 2.24) is 4.90 Å². The standard InChI is InChI=1S/C14H26N2OS/c1-5-12(15)14(13-7-6-10-18-13)16(11(2)3)8-9-17-4/h6-7,10-12,14H,5,8-9,15H2,1-4H3. The molecule has 0 fully saturated rings. The van der Waals surface area contributed by atoms with E-state index in [9.17, 15) is 0 Å². The van der Waals surface area contributed by atoms with Gasteiger partial charge in [0.25, 0.3) is 0 Å². The molecule has 18 heavy (non-hydrogen) atoms. The van der Waals surface area contributed by atoms with E-state index in [2.05, 4.69) is 43.2 Å². The Kier molecular flexibility index (Phi) is 6.86. The molecule has 0 bridgehead atoms. The largest absolute Gasteiger partial charge is 0.383 e. The summed E-state index contributed by atoms with van der Waals surface area (Å²) in [5.41, 5.74) is 6.34. The molecule has 1 aromatic heterocycles. The van der Waals surface area contributed by atoms with Crippen molar-refractivity contribution in [2.45, 2.75) is 45.3 Å². The Balaban J connectivity index is 2.91. The monoisotopic (exact) mass is 270 g/mol. The third-order valence-corrected chi connectivity index (χ3v) is 4.23. The molecule has 2 atom stereocenters. The average molecular weight is 270 g/mol. The van der Waals surface area contributed by atoms with Gasteiger partial charge in [-0.1, -0.05) is 13.0 Å². The smallest absolute Gasteiger partial charge is 0.0596 e. The second kappa shape index (κ2) is 7.89. The zero-order chi connectivity index (χ0) is 13.5. The number of thiophene rings is 1. The molecule has 4 heteroatoms. The minimum absolute atomic E-state index is 0.169. The van der Waals surface area contributed by atoms with Gasteiger partial charge in [0.05, 0.1) is 12.6 Å². The van der Waals surface area contributed by atoms with Gasteiger partial charge in [-0.25, -0.2) is 0 Å². The van der Waals surface area contributed by atoms with Crippen LogP contribution in [0.25, 0.3) is 0 Å². The second-order valence-electron chi connectivity index (χ2n) is 4.86. The molecule has 0 saturated carbocycles. The lowest BCUT2D eigenvalue weighted by molar-refractivity contribution is 0.0846. The Morgan fingerprint density at radius 2 is 2.17 bits per heavy atom. The normalized spacial score (nSPS) is 15.3. The zero-order valence-electron chi connectivity index (χ0n) is 11.9. The van der Waals surface area contributed by atoms with Gasteiger partial charge in [-0.2, -0.15) is 0 Å². The summed E-state index contributed by atoms with van der Waals surface area (Å²) >= 11 is 1.79. The number of ether oxygens (including phenoxy) is 1. The highest BCUT2D eigenvalue weighted by molar-refractivity contribution is 7.10. The molecule has 2 unspecified atom stereocenters. The van der Waals surface area contributed by atoms with Crippen LogP contribution in [0.4, 0.5) is 0 Å². The lowest BCUT2D eigenvalue weighted by Gasteiger charge is -2.37. The average Bonchev–Trinajstić information content (AvgIpc) is 2.86. The van der Waals surface area contributed by atoms with Crippen molar-refractivity contribution in [3.05, 3.63) is 22.4 Å². The summed E-state index contributed by atoms with van der Waals surface area (Å²) in [6.45, 7) is 8.26. The second-order valence-corrected chi connectivity index (χ2v) is 5.84. The quantitative estimate of drug-likeness (QED) is 0.789. The summed E-state index contributed by atoms with van der Waals surface area (Å²) < 4.78 is 5.22. The van der Waals surface area contributed by atoms with E-state index in [1.54, 1.807) is 18.4 Å². The molecule has 0 aromatic carbocycles. The Bertz CT molecular complexity index is 314. The van der Waals surface area contributed by atoms with Crippen molar-refractivity contribution in [2.24, 2.45) is 5.73 Å². The third kappa shape index (κ3) is 4.05. The molecule has 0 aliphatic carbocycles. The van der Waals surface area contributed by atoms with Gasteiger partial charge in [0.15, 0.2) is 0 Å². The van der Waals surface area contributed by atoms with Crippen LogP contribution in [-0.2, 0) is 4.74 Å². The molecule has 0 spiro atoms. The van der Waals surface area contributed by atoms with Crippen LogP contribution in [0.3, 0.4) is 0 Å². The molecule has 2 N–H and O–H groups in total. The summed E-state index contributed by atoms with van der Waals surface area (Å²) in [5.74, 6) is 0. The van der Waals surface area contributed by atoms with Crippen LogP contribution in [0.2, 0.25) is 0 Å². The lowest BCUT2D eigenvalue weighted by Crippen LogP contribution is -2.45. The van der Waals surface area contributed by atoms with Crippen LogP contribution in [0, 0.1) is 0 Å². The first-order valence-electron chi connectivity index (χ1n) is 6.65. The number of nitrogens with two attached hydrogens (primary N) is 1. The van der Waals surface area contributed by atoms with E-state index in [1.165, 1.54) is 4.88 Å². The van der Waals surface area contributed by atoms with Gasteiger partial charge in [0.1, 0.15) is 0 Å².